The number of fused-ring (bicyclic) bond motifs is 1. The molecule has 1 saturated heterocycles. The highest BCUT2D eigenvalue weighted by atomic mass is 16.5. The van der Waals surface area contributed by atoms with Crippen LogP contribution in [-0.4, -0.2) is 37.4 Å². The fourth-order valence-electron chi connectivity index (χ4n) is 3.95. The number of carbonyl (C=O) groups is 1. The maximum absolute atomic E-state index is 13.3. The molecule has 1 fully saturated rings. The largest absolute Gasteiger partial charge is 0.492 e. The van der Waals surface area contributed by atoms with Gasteiger partial charge in [-0.25, -0.2) is 0 Å². The van der Waals surface area contributed by atoms with E-state index in [4.69, 9.17) is 4.74 Å². The van der Waals surface area contributed by atoms with E-state index in [2.05, 4.69) is 24.1 Å². The van der Waals surface area contributed by atoms with E-state index in [9.17, 15) is 4.79 Å². The summed E-state index contributed by atoms with van der Waals surface area (Å²) in [6, 6.07) is 18.0. The first-order chi connectivity index (χ1) is 10.7. The van der Waals surface area contributed by atoms with Crippen LogP contribution in [0.15, 0.2) is 54.6 Å². The third kappa shape index (κ3) is 1.89. The Labute approximate surface area is 130 Å². The molecule has 3 heteroatoms. The summed E-state index contributed by atoms with van der Waals surface area (Å²) in [7, 11) is 2.08. The van der Waals surface area contributed by atoms with Gasteiger partial charge in [-0.3, -0.25) is 4.79 Å². The van der Waals surface area contributed by atoms with Crippen molar-refractivity contribution < 1.29 is 9.53 Å². The number of Topliss-reactive ketones (excluding diaryl/α,β-unsaturated/α-hetero) is 1. The van der Waals surface area contributed by atoms with Gasteiger partial charge in [0.25, 0.3) is 0 Å². The lowest BCUT2D eigenvalue weighted by atomic mass is 9.69. The van der Waals surface area contributed by atoms with E-state index in [0.717, 1.165) is 24.4 Å². The Morgan fingerprint density at radius 1 is 1.09 bits per heavy atom. The summed E-state index contributed by atoms with van der Waals surface area (Å²) >= 11 is 0. The molecule has 2 aliphatic heterocycles. The lowest BCUT2D eigenvalue weighted by Crippen LogP contribution is -2.46. The number of hydrogen-bond acceptors (Lipinski definition) is 3. The van der Waals surface area contributed by atoms with Crippen LogP contribution in [0.25, 0.3) is 0 Å². The minimum absolute atomic E-state index is 0.180. The average Bonchev–Trinajstić information content (AvgIpc) is 2.90. The van der Waals surface area contributed by atoms with E-state index in [-0.39, 0.29) is 11.7 Å². The van der Waals surface area contributed by atoms with E-state index < -0.39 is 5.41 Å². The third-order valence-electron chi connectivity index (χ3n) is 4.98. The van der Waals surface area contributed by atoms with Crippen LogP contribution < -0.4 is 4.74 Å². The van der Waals surface area contributed by atoms with Crippen molar-refractivity contribution in [2.75, 3.05) is 26.7 Å². The normalized spacial score (nSPS) is 27.7. The van der Waals surface area contributed by atoms with Crippen molar-refractivity contribution in [1.29, 1.82) is 0 Å². The number of para-hydroxylation sites is 1. The van der Waals surface area contributed by atoms with Gasteiger partial charge in [-0.2, -0.15) is 0 Å². The number of likely N-dealkylation sites (tertiary alicyclic amines) is 1. The standard InChI is InChI=1S/C19H19NO2/c1-20-11-16(14-7-3-2-4-8-14)19(12-20)13-22-17-10-6-5-9-15(17)18(19)21/h2-10,16H,11-13H2,1H3/t16-,19-/m0/s1. The van der Waals surface area contributed by atoms with E-state index >= 15 is 0 Å². The van der Waals surface area contributed by atoms with Crippen molar-refractivity contribution in [3.8, 4) is 5.75 Å². The van der Waals surface area contributed by atoms with Gasteiger partial charge in [0.1, 0.15) is 12.4 Å². The lowest BCUT2D eigenvalue weighted by molar-refractivity contribution is 0.0593. The average molecular weight is 293 g/mol. The number of benzene rings is 2. The Kier molecular flexibility index (Phi) is 3.05. The molecule has 0 aliphatic carbocycles. The molecule has 2 atom stereocenters. The highest BCUT2D eigenvalue weighted by Gasteiger charge is 2.54. The van der Waals surface area contributed by atoms with Crippen LogP contribution in [0, 0.1) is 5.41 Å². The van der Waals surface area contributed by atoms with Crippen molar-refractivity contribution >= 4 is 5.78 Å². The molecule has 2 aromatic carbocycles. The van der Waals surface area contributed by atoms with Gasteiger partial charge in [0.2, 0.25) is 0 Å². The van der Waals surface area contributed by atoms with E-state index in [0.29, 0.717) is 6.61 Å². The summed E-state index contributed by atoms with van der Waals surface area (Å²) in [4.78, 5) is 15.5. The van der Waals surface area contributed by atoms with Gasteiger partial charge in [0.05, 0.1) is 11.0 Å². The van der Waals surface area contributed by atoms with Gasteiger partial charge < -0.3 is 9.64 Å². The van der Waals surface area contributed by atoms with Crippen molar-refractivity contribution in [2.24, 2.45) is 5.41 Å². The second-order valence-corrected chi connectivity index (χ2v) is 6.43. The van der Waals surface area contributed by atoms with E-state index in [1.807, 2.05) is 42.5 Å². The summed E-state index contributed by atoms with van der Waals surface area (Å²) < 4.78 is 5.98. The van der Waals surface area contributed by atoms with Gasteiger partial charge in [0, 0.05) is 19.0 Å². The number of hydrogen-bond donors (Lipinski definition) is 0. The minimum Gasteiger partial charge on any atom is -0.492 e. The van der Waals surface area contributed by atoms with Crippen LogP contribution in [0.4, 0.5) is 0 Å². The summed E-state index contributed by atoms with van der Waals surface area (Å²) in [6.45, 7) is 2.10. The van der Waals surface area contributed by atoms with Crippen molar-refractivity contribution in [3.05, 3.63) is 65.7 Å². The molecule has 0 saturated carbocycles. The Morgan fingerprint density at radius 2 is 1.82 bits per heavy atom. The number of rotatable bonds is 1. The molecule has 4 rings (SSSR count). The molecule has 2 aliphatic rings. The SMILES string of the molecule is CN1C[C@@H](c2ccccc2)[C@@]2(COc3ccccc3C2=O)C1. The minimum atomic E-state index is -0.468. The molecular weight excluding hydrogens is 274 g/mol. The van der Waals surface area contributed by atoms with Crippen molar-refractivity contribution in [3.63, 3.8) is 0 Å². The molecule has 0 amide bonds. The molecule has 2 aromatic rings. The van der Waals surface area contributed by atoms with E-state index in [1.165, 1.54) is 5.56 Å². The lowest BCUT2D eigenvalue weighted by Gasteiger charge is -2.37. The molecule has 2 heterocycles. The van der Waals surface area contributed by atoms with Gasteiger partial charge >= 0.3 is 0 Å². The third-order valence-corrected chi connectivity index (χ3v) is 4.98. The van der Waals surface area contributed by atoms with Crippen molar-refractivity contribution in [2.45, 2.75) is 5.92 Å². The summed E-state index contributed by atoms with van der Waals surface area (Å²) in [6.07, 6.45) is 0. The number of ketones is 1. The first-order valence-electron chi connectivity index (χ1n) is 7.71. The molecule has 0 bridgehead atoms. The monoisotopic (exact) mass is 293 g/mol. The Bertz CT molecular complexity index is 712. The molecule has 22 heavy (non-hydrogen) atoms. The summed E-state index contributed by atoms with van der Waals surface area (Å²) in [5.74, 6) is 1.13. The second kappa shape index (κ2) is 4.96. The van der Waals surface area contributed by atoms with Crippen LogP contribution in [0.3, 0.4) is 0 Å². The molecule has 0 unspecified atom stereocenters. The van der Waals surface area contributed by atoms with Gasteiger partial charge in [-0.05, 0) is 24.7 Å². The quantitative estimate of drug-likeness (QED) is 0.809. The maximum atomic E-state index is 13.3. The Balaban J connectivity index is 1.81. The maximum Gasteiger partial charge on any atom is 0.178 e. The number of likely N-dealkylation sites (N-methyl/N-ethyl adjacent to an activating group) is 1. The van der Waals surface area contributed by atoms with Crippen LogP contribution in [0.2, 0.25) is 0 Å². The molecule has 0 aromatic heterocycles. The molecule has 1 spiro atoms. The number of carbonyl (C=O) groups excluding carboxylic acids is 1. The summed E-state index contributed by atoms with van der Waals surface area (Å²) in [5, 5.41) is 0. The first-order valence-corrected chi connectivity index (χ1v) is 7.71. The fourth-order valence-corrected chi connectivity index (χ4v) is 3.95. The molecule has 112 valence electrons. The molecule has 0 radical (unpaired) electrons. The highest BCUT2D eigenvalue weighted by molar-refractivity contribution is 6.04. The number of nitrogens with zero attached hydrogens (tertiary/aromatic N) is 1. The van der Waals surface area contributed by atoms with Crippen LogP contribution in [0.1, 0.15) is 21.8 Å². The van der Waals surface area contributed by atoms with Gasteiger partial charge in [0.15, 0.2) is 5.78 Å². The van der Waals surface area contributed by atoms with E-state index in [1.54, 1.807) is 0 Å². The highest BCUT2D eigenvalue weighted by Crippen LogP contribution is 2.48. The number of ether oxygens (including phenoxy) is 1. The second-order valence-electron chi connectivity index (χ2n) is 6.43. The van der Waals surface area contributed by atoms with Crippen LogP contribution in [0.5, 0.6) is 5.75 Å². The molecule has 0 N–H and O–H groups in total. The van der Waals surface area contributed by atoms with Crippen LogP contribution >= 0.6 is 0 Å². The first kappa shape index (κ1) is 13.5. The zero-order valence-corrected chi connectivity index (χ0v) is 12.7. The molecular formula is C19H19NO2. The van der Waals surface area contributed by atoms with Crippen molar-refractivity contribution in [1.82, 2.24) is 4.90 Å². The fraction of sp³-hybridized carbons (Fsp3) is 0.316. The Morgan fingerprint density at radius 3 is 2.64 bits per heavy atom. The Hall–Kier alpha value is -2.13. The van der Waals surface area contributed by atoms with Gasteiger partial charge in [-0.15, -0.1) is 0 Å². The zero-order valence-electron chi connectivity index (χ0n) is 12.7. The predicted octanol–water partition coefficient (Wildman–Crippen LogP) is 2.98. The van der Waals surface area contributed by atoms with Gasteiger partial charge in [-0.1, -0.05) is 42.5 Å². The summed E-state index contributed by atoms with van der Waals surface area (Å²) in [5.41, 5.74) is 1.48. The topological polar surface area (TPSA) is 29.5 Å². The smallest absolute Gasteiger partial charge is 0.178 e. The zero-order chi connectivity index (χ0) is 15.2. The predicted molar refractivity (Wildman–Crippen MR) is 85.4 cm³/mol. The van der Waals surface area contributed by atoms with Crippen LogP contribution in [-0.2, 0) is 0 Å². The molecule has 3 nitrogen and oxygen atoms in total.